The second-order valence-corrected chi connectivity index (χ2v) is 5.96. The van der Waals surface area contributed by atoms with Crippen molar-refractivity contribution < 1.29 is 4.42 Å². The Kier molecular flexibility index (Phi) is 5.31. The minimum absolute atomic E-state index is 0.967. The van der Waals surface area contributed by atoms with Crippen LogP contribution in [0.25, 0.3) is 16.9 Å². The Bertz CT molecular complexity index is 728. The molecule has 0 aliphatic heterocycles. The van der Waals surface area contributed by atoms with Crippen molar-refractivity contribution in [2.45, 2.75) is 39.0 Å². The van der Waals surface area contributed by atoms with E-state index in [9.17, 15) is 0 Å². The van der Waals surface area contributed by atoms with Gasteiger partial charge in [0.05, 0.1) is 0 Å². The van der Waals surface area contributed by atoms with Crippen LogP contribution >= 0.6 is 0 Å². The molecule has 0 spiro atoms. The number of hydrogen-bond acceptors (Lipinski definition) is 1. The maximum absolute atomic E-state index is 6.11. The molecule has 1 aliphatic carbocycles. The van der Waals surface area contributed by atoms with Crippen molar-refractivity contribution in [1.29, 1.82) is 0 Å². The monoisotopic (exact) mass is 304 g/mol. The molecule has 3 rings (SSSR count). The highest BCUT2D eigenvalue weighted by Crippen LogP contribution is 2.32. The van der Waals surface area contributed by atoms with E-state index < -0.39 is 0 Å². The molecule has 1 aromatic carbocycles. The van der Waals surface area contributed by atoms with Gasteiger partial charge in [0, 0.05) is 12.0 Å². The zero-order valence-corrected chi connectivity index (χ0v) is 13.8. The first kappa shape index (κ1) is 15.6. The molecular weight excluding hydrogens is 280 g/mol. The Balaban J connectivity index is 1.89. The molecule has 0 saturated heterocycles. The van der Waals surface area contributed by atoms with Crippen molar-refractivity contribution in [2.24, 2.45) is 0 Å². The lowest BCUT2D eigenvalue weighted by Gasteiger charge is -2.08. The van der Waals surface area contributed by atoms with Crippen molar-refractivity contribution in [3.05, 3.63) is 78.1 Å². The molecule has 0 fully saturated rings. The number of unbranched alkanes of at least 4 members (excludes halogenated alkanes) is 2. The van der Waals surface area contributed by atoms with Gasteiger partial charge in [-0.25, -0.2) is 0 Å². The first-order valence-electron chi connectivity index (χ1n) is 8.60. The Morgan fingerprint density at radius 3 is 2.70 bits per heavy atom. The lowest BCUT2D eigenvalue weighted by Crippen LogP contribution is -1.86. The van der Waals surface area contributed by atoms with E-state index >= 15 is 0 Å². The molecule has 23 heavy (non-hydrogen) atoms. The SMILES string of the molecule is CCCCCc1ccc(-c2ccccc2C2=CC=CCC=C2)o1. The van der Waals surface area contributed by atoms with E-state index in [0.29, 0.717) is 0 Å². The molecule has 1 aromatic heterocycles. The van der Waals surface area contributed by atoms with Gasteiger partial charge in [0.25, 0.3) is 0 Å². The molecule has 118 valence electrons. The third-order valence-corrected chi connectivity index (χ3v) is 4.17. The van der Waals surface area contributed by atoms with Crippen LogP contribution in [0.15, 0.2) is 71.2 Å². The quantitative estimate of drug-likeness (QED) is 0.549. The normalized spacial score (nSPS) is 13.9. The fourth-order valence-corrected chi connectivity index (χ4v) is 2.91. The molecule has 0 atom stereocenters. The van der Waals surface area contributed by atoms with Crippen LogP contribution in [0.2, 0.25) is 0 Å². The molecule has 1 heteroatoms. The number of hydrogen-bond donors (Lipinski definition) is 0. The fraction of sp³-hybridized carbons (Fsp3) is 0.273. The standard InChI is InChI=1S/C22H24O/c1-2-3-6-13-19-16-17-22(23-19)21-15-10-9-14-20(21)18-11-7-4-5-8-12-18/h4,7-12,14-17H,2-3,5-6,13H2,1H3. The number of aryl methyl sites for hydroxylation is 1. The number of allylic oxidation sites excluding steroid dienone is 6. The molecule has 0 amide bonds. The first-order chi connectivity index (χ1) is 11.4. The topological polar surface area (TPSA) is 13.1 Å². The van der Waals surface area contributed by atoms with Crippen LogP contribution in [-0.2, 0) is 6.42 Å². The molecule has 1 nitrogen and oxygen atoms in total. The summed E-state index contributed by atoms with van der Waals surface area (Å²) in [6.45, 7) is 2.23. The predicted octanol–water partition coefficient (Wildman–Crippen LogP) is 6.58. The molecule has 0 saturated carbocycles. The van der Waals surface area contributed by atoms with Crippen molar-refractivity contribution in [3.63, 3.8) is 0 Å². The molecule has 0 N–H and O–H groups in total. The van der Waals surface area contributed by atoms with Crippen LogP contribution in [0.3, 0.4) is 0 Å². The summed E-state index contributed by atoms with van der Waals surface area (Å²) in [5.41, 5.74) is 3.63. The van der Waals surface area contributed by atoms with E-state index in [1.807, 2.05) is 0 Å². The second kappa shape index (κ2) is 7.82. The summed E-state index contributed by atoms with van der Waals surface area (Å²) in [5, 5.41) is 0. The summed E-state index contributed by atoms with van der Waals surface area (Å²) in [5.74, 6) is 2.06. The highest BCUT2D eigenvalue weighted by Gasteiger charge is 2.11. The Labute approximate surface area is 139 Å². The average molecular weight is 304 g/mol. The summed E-state index contributed by atoms with van der Waals surface area (Å²) in [6.07, 6.45) is 16.6. The first-order valence-corrected chi connectivity index (χ1v) is 8.60. The third kappa shape index (κ3) is 3.92. The number of benzene rings is 1. The molecular formula is C22H24O. The molecule has 0 bridgehead atoms. The summed E-state index contributed by atoms with van der Waals surface area (Å²) in [4.78, 5) is 0. The van der Waals surface area contributed by atoms with Crippen LogP contribution in [-0.4, -0.2) is 0 Å². The van der Waals surface area contributed by atoms with E-state index in [0.717, 1.165) is 24.4 Å². The van der Waals surface area contributed by atoms with Gasteiger partial charge in [0.15, 0.2) is 0 Å². The summed E-state index contributed by atoms with van der Waals surface area (Å²) >= 11 is 0. The Morgan fingerprint density at radius 1 is 0.957 bits per heavy atom. The van der Waals surface area contributed by atoms with E-state index in [1.165, 1.54) is 36.0 Å². The van der Waals surface area contributed by atoms with Crippen molar-refractivity contribution in [2.75, 3.05) is 0 Å². The Hall–Kier alpha value is -2.28. The summed E-state index contributed by atoms with van der Waals surface area (Å²) in [7, 11) is 0. The van der Waals surface area contributed by atoms with Gasteiger partial charge in [-0.1, -0.05) is 74.4 Å². The Morgan fingerprint density at radius 2 is 1.83 bits per heavy atom. The van der Waals surface area contributed by atoms with E-state index in [4.69, 9.17) is 4.42 Å². The average Bonchev–Trinajstić information content (AvgIpc) is 2.89. The van der Waals surface area contributed by atoms with Crippen LogP contribution in [0.5, 0.6) is 0 Å². The van der Waals surface area contributed by atoms with Crippen molar-refractivity contribution >= 4 is 5.57 Å². The van der Waals surface area contributed by atoms with Crippen LogP contribution in [0.4, 0.5) is 0 Å². The maximum atomic E-state index is 6.11. The van der Waals surface area contributed by atoms with Gasteiger partial charge in [-0.2, -0.15) is 0 Å². The van der Waals surface area contributed by atoms with E-state index in [2.05, 4.69) is 73.7 Å². The summed E-state index contributed by atoms with van der Waals surface area (Å²) in [6, 6.07) is 12.7. The zero-order chi connectivity index (χ0) is 15.9. The maximum Gasteiger partial charge on any atom is 0.134 e. The van der Waals surface area contributed by atoms with Crippen LogP contribution < -0.4 is 0 Å². The van der Waals surface area contributed by atoms with Gasteiger partial charge in [-0.3, -0.25) is 0 Å². The fourth-order valence-electron chi connectivity index (χ4n) is 2.91. The lowest BCUT2D eigenvalue weighted by molar-refractivity contribution is 0.508. The van der Waals surface area contributed by atoms with E-state index in [1.54, 1.807) is 0 Å². The van der Waals surface area contributed by atoms with Crippen LogP contribution in [0.1, 0.15) is 43.9 Å². The summed E-state index contributed by atoms with van der Waals surface area (Å²) < 4.78 is 6.11. The highest BCUT2D eigenvalue weighted by atomic mass is 16.3. The van der Waals surface area contributed by atoms with Gasteiger partial charge in [-0.15, -0.1) is 0 Å². The third-order valence-electron chi connectivity index (χ3n) is 4.17. The number of furan rings is 1. The molecule has 1 aliphatic rings. The van der Waals surface area contributed by atoms with Crippen molar-refractivity contribution in [3.8, 4) is 11.3 Å². The molecule has 2 aromatic rings. The molecule has 0 radical (unpaired) electrons. The zero-order valence-electron chi connectivity index (χ0n) is 13.8. The van der Waals surface area contributed by atoms with Gasteiger partial charge < -0.3 is 4.42 Å². The van der Waals surface area contributed by atoms with Crippen LogP contribution in [0, 0.1) is 0 Å². The minimum atomic E-state index is 0.967. The van der Waals surface area contributed by atoms with Gasteiger partial charge in [0.2, 0.25) is 0 Å². The van der Waals surface area contributed by atoms with Gasteiger partial charge >= 0.3 is 0 Å². The molecule has 1 heterocycles. The smallest absolute Gasteiger partial charge is 0.134 e. The molecule has 0 unspecified atom stereocenters. The van der Waals surface area contributed by atoms with Crippen molar-refractivity contribution in [1.82, 2.24) is 0 Å². The van der Waals surface area contributed by atoms with Gasteiger partial charge in [0.1, 0.15) is 11.5 Å². The highest BCUT2D eigenvalue weighted by molar-refractivity contribution is 5.85. The van der Waals surface area contributed by atoms with Gasteiger partial charge in [-0.05, 0) is 36.1 Å². The minimum Gasteiger partial charge on any atom is -0.461 e. The predicted molar refractivity (Wildman–Crippen MR) is 98.2 cm³/mol. The second-order valence-electron chi connectivity index (χ2n) is 5.96. The number of rotatable bonds is 6. The lowest BCUT2D eigenvalue weighted by atomic mass is 9.97. The largest absolute Gasteiger partial charge is 0.461 e. The van der Waals surface area contributed by atoms with E-state index in [-0.39, 0.29) is 0 Å².